The minimum absolute atomic E-state index is 0. The molecule has 1 radical (unpaired) electrons. The fourth-order valence-corrected chi connectivity index (χ4v) is 10.1. The maximum atomic E-state index is 2.35. The van der Waals surface area contributed by atoms with Gasteiger partial charge in [-0.15, -0.1) is 0 Å². The molecule has 0 heterocycles. The Hall–Kier alpha value is 1.95. The molecule has 0 nitrogen and oxygen atoms in total. The summed E-state index contributed by atoms with van der Waals surface area (Å²) in [6, 6.07) is 0. The second kappa shape index (κ2) is 18.3. The van der Waals surface area contributed by atoms with Crippen molar-refractivity contribution >= 4 is 53.0 Å². The second-order valence-corrected chi connectivity index (χ2v) is 24.3. The van der Waals surface area contributed by atoms with Crippen LogP contribution in [0.1, 0.15) is 41.5 Å². The molecule has 0 aromatic carbocycles. The quantitative estimate of drug-likeness (QED) is 0.322. The zero-order valence-corrected chi connectivity index (χ0v) is 18.3. The minimum Gasteiger partial charge on any atom is -0.813 e. The molecule has 0 fully saturated rings. The molecule has 0 rings (SSSR count). The monoisotopic (exact) mass is 447 g/mol. The predicted molar refractivity (Wildman–Crippen MR) is 83.2 cm³/mol. The predicted octanol–water partition coefficient (Wildman–Crippen LogP) is 4.81. The Kier molecular flexibility index (Phi) is 27.1. The summed E-state index contributed by atoms with van der Waals surface area (Å²) in [5.74, 6) is 0. The molecule has 0 N–H and O–H groups in total. The van der Waals surface area contributed by atoms with Gasteiger partial charge in [0.15, 0.2) is 0 Å². The van der Waals surface area contributed by atoms with Crippen LogP contribution in [0.2, 0.25) is 26.6 Å². The van der Waals surface area contributed by atoms with Crippen molar-refractivity contribution in [3.63, 3.8) is 0 Å². The second-order valence-electron chi connectivity index (χ2n) is 3.62. The van der Waals surface area contributed by atoms with Gasteiger partial charge in [0.25, 0.3) is 0 Å². The fourth-order valence-electron chi connectivity index (χ4n) is 1.50. The van der Waals surface area contributed by atoms with Crippen LogP contribution in [0.15, 0.2) is 0 Å². The van der Waals surface area contributed by atoms with E-state index in [1.165, 1.54) is 0 Å². The summed E-state index contributed by atoms with van der Waals surface area (Å²) < 4.78 is 9.30. The largest absolute Gasteiger partial charge is 0.813 e. The number of rotatable bonds is 6. The van der Waals surface area contributed by atoms with E-state index in [0.717, 1.165) is 0 Å². The van der Waals surface area contributed by atoms with Gasteiger partial charge in [0.1, 0.15) is 0 Å². The zero-order chi connectivity index (χ0) is 11.4. The van der Waals surface area contributed by atoms with E-state index in [1.54, 1.807) is 26.6 Å². The number of hydrogen-bond donors (Lipinski definition) is 0. The topological polar surface area (TPSA) is 0 Å². The third-order valence-corrected chi connectivity index (χ3v) is 20.1. The van der Waals surface area contributed by atoms with Gasteiger partial charge >= 0.3 is 108 Å². The normalized spacial score (nSPS) is 9.00. The Morgan fingerprint density at radius 3 is 0.933 bits per heavy atom. The minimum atomic E-state index is -0.653. The van der Waals surface area contributed by atoms with Gasteiger partial charge in [-0.2, -0.15) is 0 Å². The molecule has 0 aromatic heterocycles. The molecule has 0 aliphatic rings. The van der Waals surface area contributed by atoms with E-state index in [0.29, 0.717) is 0 Å². The summed E-state index contributed by atoms with van der Waals surface area (Å²) >= 11 is -1.31. The summed E-state index contributed by atoms with van der Waals surface area (Å²) in [5, 5.41) is 0. The molecular formula is C12H31SSn2. The third kappa shape index (κ3) is 15.9. The average molecular weight is 445 g/mol. The first kappa shape index (κ1) is 22.2. The van der Waals surface area contributed by atoms with Crippen molar-refractivity contribution < 1.29 is 0 Å². The Labute approximate surface area is 120 Å². The van der Waals surface area contributed by atoms with Crippen LogP contribution in [0.5, 0.6) is 0 Å². The van der Waals surface area contributed by atoms with Crippen molar-refractivity contribution in [1.29, 1.82) is 0 Å². The molecule has 0 amide bonds. The molecule has 3 heteroatoms. The van der Waals surface area contributed by atoms with E-state index in [1.807, 2.05) is 0 Å². The molecule has 0 saturated carbocycles. The average Bonchev–Trinajstić information content (AvgIpc) is 2.24. The summed E-state index contributed by atoms with van der Waals surface area (Å²) in [6.45, 7) is 14.1. The maximum Gasteiger partial charge on any atom is -0.813 e. The van der Waals surface area contributed by atoms with Crippen molar-refractivity contribution in [2.24, 2.45) is 0 Å². The SMILES string of the molecule is C[CH2][Sn+]([CH2]C)[CH2]C.C[CH2][Sn]([CH2]C)[CH2]C.[SH-]. The van der Waals surface area contributed by atoms with Crippen LogP contribution >= 0.6 is 0 Å². The van der Waals surface area contributed by atoms with Crippen LogP contribution in [0.3, 0.4) is 0 Å². The summed E-state index contributed by atoms with van der Waals surface area (Å²) in [4.78, 5) is 0. The number of thiol groups is 1. The van der Waals surface area contributed by atoms with Crippen LogP contribution in [0.25, 0.3) is 0 Å². The molecule has 0 unspecified atom stereocenters. The molecule has 0 spiro atoms. The van der Waals surface area contributed by atoms with E-state index < -0.39 is 39.5 Å². The first-order valence-corrected chi connectivity index (χ1v) is 18.5. The van der Waals surface area contributed by atoms with Crippen molar-refractivity contribution in [3.8, 4) is 0 Å². The van der Waals surface area contributed by atoms with E-state index in [4.69, 9.17) is 0 Å². The smallest absolute Gasteiger partial charge is 0.813 e. The first-order chi connectivity index (χ1) is 6.69. The van der Waals surface area contributed by atoms with Gasteiger partial charge in [0.2, 0.25) is 0 Å². The van der Waals surface area contributed by atoms with Crippen LogP contribution < -0.4 is 0 Å². The molecule has 0 bridgehead atoms. The van der Waals surface area contributed by atoms with E-state index in [-0.39, 0.29) is 13.5 Å². The van der Waals surface area contributed by atoms with E-state index in [9.17, 15) is 0 Å². The molecule has 0 atom stereocenters. The molecule has 0 aliphatic carbocycles. The van der Waals surface area contributed by atoms with Crippen molar-refractivity contribution in [1.82, 2.24) is 0 Å². The molecular weight excluding hydrogens is 414 g/mol. The van der Waals surface area contributed by atoms with Crippen molar-refractivity contribution in [2.45, 2.75) is 68.2 Å². The Bertz CT molecular complexity index is 68.6. The van der Waals surface area contributed by atoms with Crippen LogP contribution in [0.4, 0.5) is 0 Å². The Morgan fingerprint density at radius 2 is 0.933 bits per heavy atom. The molecule has 0 aliphatic heterocycles. The van der Waals surface area contributed by atoms with E-state index >= 15 is 0 Å². The van der Waals surface area contributed by atoms with Gasteiger partial charge in [0.05, 0.1) is 0 Å². The first-order valence-electron chi connectivity index (χ1n) is 6.36. The van der Waals surface area contributed by atoms with Gasteiger partial charge < -0.3 is 13.5 Å². The summed E-state index contributed by atoms with van der Waals surface area (Å²) in [7, 11) is 0. The van der Waals surface area contributed by atoms with Gasteiger partial charge in [-0.05, 0) is 0 Å². The van der Waals surface area contributed by atoms with Crippen molar-refractivity contribution in [3.05, 3.63) is 0 Å². The van der Waals surface area contributed by atoms with Gasteiger partial charge in [-0.25, -0.2) is 0 Å². The molecule has 0 aromatic rings. The zero-order valence-electron chi connectivity index (χ0n) is 11.7. The third-order valence-electron chi connectivity index (χ3n) is 3.00. The van der Waals surface area contributed by atoms with Crippen LogP contribution in [-0.2, 0) is 13.5 Å². The Balaban J connectivity index is -0.000000180. The molecule has 93 valence electrons. The van der Waals surface area contributed by atoms with Gasteiger partial charge in [-0.1, -0.05) is 0 Å². The van der Waals surface area contributed by atoms with Gasteiger partial charge in [-0.3, -0.25) is 0 Å². The Morgan fingerprint density at radius 1 is 0.667 bits per heavy atom. The standard InChI is InChI=1S/6C2H5.H2S.2Sn/c6*1-2;;;/h6*1H2,2H3;1H2;;/q;;;;;;;;+1/p-1. The fraction of sp³-hybridized carbons (Fsp3) is 1.00. The van der Waals surface area contributed by atoms with E-state index in [2.05, 4.69) is 41.5 Å². The maximum absolute atomic E-state index is 2.35. The molecule has 0 saturated heterocycles. The summed E-state index contributed by atoms with van der Waals surface area (Å²) in [5.41, 5.74) is 0. The number of hydrogen-bond acceptors (Lipinski definition) is 1. The van der Waals surface area contributed by atoms with Gasteiger partial charge in [0, 0.05) is 0 Å². The molecule has 15 heavy (non-hydrogen) atoms. The van der Waals surface area contributed by atoms with Crippen molar-refractivity contribution in [2.75, 3.05) is 0 Å². The summed E-state index contributed by atoms with van der Waals surface area (Å²) in [6.07, 6.45) is 0. The van der Waals surface area contributed by atoms with Crippen LogP contribution in [0, 0.1) is 0 Å². The van der Waals surface area contributed by atoms with Crippen LogP contribution in [-0.4, -0.2) is 39.5 Å².